The van der Waals surface area contributed by atoms with Crippen LogP contribution in [-0.2, 0) is 32.3 Å². The SMILES string of the molecule is CC[Si](CC)(CC)O[C@H]([C@@H](C)[C@H](OC)[C@@H](O[Si](C)(C)C(C)(C)C)C(=O)OC)[C@H](C)[C@@H](O[Si](C)(C)C(C)(C)C)/C(C)=C/[C@H](C)C(C)=O. The van der Waals surface area contributed by atoms with Crippen molar-refractivity contribution in [3.8, 4) is 0 Å². The van der Waals surface area contributed by atoms with Crippen molar-refractivity contribution in [2.45, 2.75) is 176 Å². The molecule has 0 aliphatic carbocycles. The molecule has 0 rings (SSSR count). The smallest absolute Gasteiger partial charge is 0.336 e. The molecule has 0 N–H and O–H groups in total. The maximum atomic E-state index is 13.5. The van der Waals surface area contributed by atoms with Crippen molar-refractivity contribution >= 4 is 36.7 Å². The minimum atomic E-state index is -2.40. The summed E-state index contributed by atoms with van der Waals surface area (Å²) in [5.74, 6) is -0.885. The summed E-state index contributed by atoms with van der Waals surface area (Å²) < 4.78 is 33.1. The molecule has 46 heavy (non-hydrogen) atoms. The van der Waals surface area contributed by atoms with Crippen molar-refractivity contribution < 1.29 is 32.3 Å². The Hall–Kier alpha value is -0.629. The fraction of sp³-hybridized carbons (Fsp3) is 0.889. The third kappa shape index (κ3) is 11.8. The van der Waals surface area contributed by atoms with E-state index in [1.165, 1.54) is 7.11 Å². The highest BCUT2D eigenvalue weighted by Crippen LogP contribution is 2.43. The molecule has 0 amide bonds. The second kappa shape index (κ2) is 17.9. The highest BCUT2D eigenvalue weighted by Gasteiger charge is 2.50. The number of allylic oxidation sites excluding steroid dienone is 1. The Balaban J connectivity index is 7.49. The van der Waals surface area contributed by atoms with Crippen LogP contribution in [0.5, 0.6) is 0 Å². The number of ketones is 1. The third-order valence-corrected chi connectivity index (χ3v) is 25.0. The molecule has 7 nitrogen and oxygen atoms in total. The van der Waals surface area contributed by atoms with Crippen molar-refractivity contribution in [1.82, 2.24) is 0 Å². The van der Waals surface area contributed by atoms with Crippen LogP contribution in [0.1, 0.15) is 96.9 Å². The standard InChI is InChI=1S/C36H74O7Si3/c1-21-46(22-2,23-3)43-31(28(7)32(39-15)33(34(38)40-16)42-45(19,20)36(12,13)14)27(6)30(26(5)24-25(4)29(8)37)41-44(17,18)35(9,10)11/h24-25,27-28,30-33H,21-23H2,1-20H3/b26-24+/t25-,27+,28+,30-,31-,32-,33+/m0/s1. The van der Waals surface area contributed by atoms with Crippen molar-refractivity contribution in [3.63, 3.8) is 0 Å². The summed E-state index contributed by atoms with van der Waals surface area (Å²) in [6, 6.07) is 2.95. The summed E-state index contributed by atoms with van der Waals surface area (Å²) in [5.41, 5.74) is 1.04. The van der Waals surface area contributed by atoms with Gasteiger partial charge in [-0.05, 0) is 73.8 Å². The van der Waals surface area contributed by atoms with Crippen LogP contribution in [0.15, 0.2) is 11.6 Å². The predicted molar refractivity (Wildman–Crippen MR) is 201 cm³/mol. The number of hydrogen-bond donors (Lipinski definition) is 0. The molecule has 0 aliphatic heterocycles. The lowest BCUT2D eigenvalue weighted by Crippen LogP contribution is -2.57. The summed E-state index contributed by atoms with van der Waals surface area (Å²) in [6.07, 6.45) is -0.0478. The van der Waals surface area contributed by atoms with Gasteiger partial charge in [0.2, 0.25) is 0 Å². The zero-order chi connectivity index (χ0) is 36.6. The van der Waals surface area contributed by atoms with E-state index in [1.54, 1.807) is 14.0 Å². The lowest BCUT2D eigenvalue weighted by atomic mass is 9.82. The van der Waals surface area contributed by atoms with E-state index < -0.39 is 43.1 Å². The minimum absolute atomic E-state index is 0.0176. The first-order valence-electron chi connectivity index (χ1n) is 17.6. The molecular weight excluding hydrogens is 629 g/mol. The number of hydrogen-bond acceptors (Lipinski definition) is 7. The molecule has 0 heterocycles. The molecule has 0 aromatic rings. The van der Waals surface area contributed by atoms with Crippen LogP contribution in [0.3, 0.4) is 0 Å². The van der Waals surface area contributed by atoms with Gasteiger partial charge in [0.05, 0.1) is 25.4 Å². The largest absolute Gasteiger partial charge is 0.467 e. The Kier molecular flexibility index (Phi) is 17.6. The van der Waals surface area contributed by atoms with Crippen LogP contribution >= 0.6 is 0 Å². The molecule has 0 saturated heterocycles. The molecule has 0 saturated carbocycles. The average molecular weight is 703 g/mol. The summed E-state index contributed by atoms with van der Waals surface area (Å²) in [7, 11) is -3.75. The summed E-state index contributed by atoms with van der Waals surface area (Å²) in [5, 5.41) is -0.133. The van der Waals surface area contributed by atoms with Gasteiger partial charge in [0.1, 0.15) is 5.78 Å². The van der Waals surface area contributed by atoms with Gasteiger partial charge in [-0.25, -0.2) is 4.79 Å². The Morgan fingerprint density at radius 2 is 1.09 bits per heavy atom. The highest BCUT2D eigenvalue weighted by molar-refractivity contribution is 6.75. The number of carbonyl (C=O) groups excluding carboxylic acids is 2. The van der Waals surface area contributed by atoms with Gasteiger partial charge in [0.15, 0.2) is 31.1 Å². The van der Waals surface area contributed by atoms with Gasteiger partial charge in [0.25, 0.3) is 0 Å². The van der Waals surface area contributed by atoms with Gasteiger partial charge in [-0.15, -0.1) is 0 Å². The summed E-state index contributed by atoms with van der Waals surface area (Å²) >= 11 is 0. The van der Waals surface area contributed by atoms with Gasteiger partial charge in [-0.3, -0.25) is 4.79 Å². The number of Topliss-reactive ketones (excluding diaryl/α,β-unsaturated/α-hetero) is 1. The van der Waals surface area contributed by atoms with Gasteiger partial charge in [0, 0.05) is 24.9 Å². The lowest BCUT2D eigenvalue weighted by Gasteiger charge is -2.47. The van der Waals surface area contributed by atoms with Crippen molar-refractivity contribution in [3.05, 3.63) is 11.6 Å². The quantitative estimate of drug-likeness (QED) is 0.0753. The van der Waals surface area contributed by atoms with Crippen LogP contribution in [0.2, 0.25) is 54.4 Å². The van der Waals surface area contributed by atoms with Gasteiger partial charge < -0.3 is 22.8 Å². The van der Waals surface area contributed by atoms with Crippen molar-refractivity contribution in [2.24, 2.45) is 17.8 Å². The number of methoxy groups -OCH3 is 2. The first-order valence-corrected chi connectivity index (χ1v) is 25.9. The predicted octanol–water partition coefficient (Wildman–Crippen LogP) is 9.79. The van der Waals surface area contributed by atoms with Crippen LogP contribution in [0.25, 0.3) is 0 Å². The van der Waals surface area contributed by atoms with E-state index in [1.807, 2.05) is 6.92 Å². The zero-order valence-electron chi connectivity index (χ0n) is 33.6. The number of ether oxygens (including phenoxy) is 2. The zero-order valence-corrected chi connectivity index (χ0v) is 36.6. The van der Waals surface area contributed by atoms with Gasteiger partial charge in [-0.1, -0.05) is 89.2 Å². The maximum Gasteiger partial charge on any atom is 0.336 e. The average Bonchev–Trinajstić information content (AvgIpc) is 2.94. The molecule has 0 aromatic heterocycles. The first kappa shape index (κ1) is 45.4. The van der Waals surface area contributed by atoms with Crippen LogP contribution in [0, 0.1) is 17.8 Å². The lowest BCUT2D eigenvalue weighted by molar-refractivity contribution is -0.162. The summed E-state index contributed by atoms with van der Waals surface area (Å²) in [6.45, 7) is 38.8. The molecular formula is C36H74O7Si3. The van der Waals surface area contributed by atoms with E-state index in [2.05, 4.69) is 115 Å². The Morgan fingerprint density at radius 3 is 1.41 bits per heavy atom. The fourth-order valence-electron chi connectivity index (χ4n) is 5.53. The fourth-order valence-corrected chi connectivity index (χ4v) is 11.1. The van der Waals surface area contributed by atoms with Crippen molar-refractivity contribution in [1.29, 1.82) is 0 Å². The number of esters is 1. The first-order chi connectivity index (χ1) is 20.7. The Bertz CT molecular complexity index is 984. The molecule has 0 fully saturated rings. The summed E-state index contributed by atoms with van der Waals surface area (Å²) in [4.78, 5) is 25.9. The highest BCUT2D eigenvalue weighted by atomic mass is 28.4. The monoisotopic (exact) mass is 702 g/mol. The topological polar surface area (TPSA) is 80.3 Å². The molecule has 0 aliphatic rings. The Morgan fingerprint density at radius 1 is 0.674 bits per heavy atom. The Labute approximate surface area is 287 Å². The van der Waals surface area contributed by atoms with Gasteiger partial charge in [-0.2, -0.15) is 0 Å². The van der Waals surface area contributed by atoms with E-state index in [4.69, 9.17) is 22.8 Å². The van der Waals surface area contributed by atoms with Crippen molar-refractivity contribution in [2.75, 3.05) is 14.2 Å². The van der Waals surface area contributed by atoms with E-state index in [9.17, 15) is 9.59 Å². The van der Waals surface area contributed by atoms with E-state index >= 15 is 0 Å². The van der Waals surface area contributed by atoms with Crippen LogP contribution in [0.4, 0.5) is 0 Å². The second-order valence-corrected chi connectivity index (χ2v) is 30.9. The van der Waals surface area contributed by atoms with E-state index in [-0.39, 0.29) is 45.8 Å². The van der Waals surface area contributed by atoms with E-state index in [0.717, 1.165) is 23.7 Å². The third-order valence-electron chi connectivity index (χ3n) is 11.4. The van der Waals surface area contributed by atoms with Gasteiger partial charge >= 0.3 is 5.97 Å². The molecule has 0 radical (unpaired) electrons. The normalized spacial score (nSPS) is 18.7. The molecule has 0 spiro atoms. The van der Waals surface area contributed by atoms with E-state index in [0.29, 0.717) is 0 Å². The molecule has 0 aromatic carbocycles. The second-order valence-electron chi connectivity index (χ2n) is 16.7. The van der Waals surface area contributed by atoms with Crippen LogP contribution in [-0.4, -0.2) is 75.3 Å². The minimum Gasteiger partial charge on any atom is -0.467 e. The molecule has 7 atom stereocenters. The number of rotatable bonds is 19. The maximum absolute atomic E-state index is 13.5. The number of carbonyl (C=O) groups is 2. The molecule has 0 bridgehead atoms. The molecule has 10 heteroatoms. The van der Waals surface area contributed by atoms with Crippen LogP contribution < -0.4 is 0 Å². The molecule has 0 unspecified atom stereocenters. The molecule has 272 valence electrons.